The molecule has 0 saturated carbocycles. The molecule has 0 spiro atoms. The molecular weight excluding hydrogens is 417 g/mol. The molecule has 5 rings (SSSR count). The summed E-state index contributed by atoms with van der Waals surface area (Å²) in [6.45, 7) is 2.31. The minimum Gasteiger partial charge on any atom is -0.356 e. The average molecular weight is 448 g/mol. The summed E-state index contributed by atoms with van der Waals surface area (Å²) in [5, 5.41) is 7.80. The quantitative estimate of drug-likeness (QED) is 0.554. The van der Waals surface area contributed by atoms with Crippen LogP contribution in [0.25, 0.3) is 16.8 Å². The summed E-state index contributed by atoms with van der Waals surface area (Å²) < 4.78 is 15.1. The Bertz CT molecular complexity index is 1150. The smallest absolute Gasteiger partial charge is 0.223 e. The van der Waals surface area contributed by atoms with Gasteiger partial charge in [-0.25, -0.2) is 13.9 Å². The molecular formula is C26H30FN5O. The second-order valence-corrected chi connectivity index (χ2v) is 9.03. The molecule has 1 fully saturated rings. The first kappa shape index (κ1) is 21.6. The number of anilines is 1. The van der Waals surface area contributed by atoms with Crippen molar-refractivity contribution < 1.29 is 9.18 Å². The number of carbonyl (C=O) groups is 1. The van der Waals surface area contributed by atoms with Gasteiger partial charge in [-0.1, -0.05) is 11.6 Å². The van der Waals surface area contributed by atoms with Gasteiger partial charge in [-0.2, -0.15) is 5.10 Å². The molecule has 3 aromatic rings. The van der Waals surface area contributed by atoms with E-state index in [0.717, 1.165) is 61.5 Å². The molecule has 1 N–H and O–H groups in total. The maximum atomic E-state index is 13.3. The molecule has 1 saturated heterocycles. The highest BCUT2D eigenvalue weighted by molar-refractivity contribution is 5.79. The topological polar surface area (TPSA) is 62.5 Å². The lowest BCUT2D eigenvalue weighted by Gasteiger charge is -2.32. The van der Waals surface area contributed by atoms with E-state index in [4.69, 9.17) is 0 Å². The minimum atomic E-state index is -0.261. The van der Waals surface area contributed by atoms with Crippen molar-refractivity contribution in [2.24, 2.45) is 5.92 Å². The Kier molecular flexibility index (Phi) is 6.37. The number of benzene rings is 1. The van der Waals surface area contributed by atoms with Crippen LogP contribution in [0.15, 0.2) is 54.4 Å². The van der Waals surface area contributed by atoms with Gasteiger partial charge < -0.3 is 10.2 Å². The Hall–Kier alpha value is -3.22. The van der Waals surface area contributed by atoms with Gasteiger partial charge in [0, 0.05) is 43.5 Å². The van der Waals surface area contributed by atoms with Gasteiger partial charge >= 0.3 is 0 Å². The van der Waals surface area contributed by atoms with Crippen molar-refractivity contribution in [1.29, 1.82) is 0 Å². The molecule has 7 heteroatoms. The maximum absolute atomic E-state index is 13.3. The molecule has 1 aliphatic heterocycles. The van der Waals surface area contributed by atoms with Crippen molar-refractivity contribution >= 4 is 17.2 Å². The number of piperidine rings is 1. The Morgan fingerprint density at radius 2 is 1.97 bits per heavy atom. The van der Waals surface area contributed by atoms with Crippen molar-refractivity contribution in [1.82, 2.24) is 19.9 Å². The molecule has 2 aliphatic rings. The summed E-state index contributed by atoms with van der Waals surface area (Å²) in [7, 11) is 0. The Morgan fingerprint density at radius 1 is 1.15 bits per heavy atom. The predicted octanol–water partition coefficient (Wildman–Crippen LogP) is 4.76. The van der Waals surface area contributed by atoms with Crippen LogP contribution in [-0.4, -0.2) is 40.1 Å². The van der Waals surface area contributed by atoms with Crippen LogP contribution in [0.1, 0.15) is 44.9 Å². The van der Waals surface area contributed by atoms with Crippen LogP contribution in [0.4, 0.5) is 10.2 Å². The number of hydrogen-bond donors (Lipinski definition) is 1. The van der Waals surface area contributed by atoms with E-state index in [2.05, 4.69) is 26.4 Å². The molecule has 0 unspecified atom stereocenters. The largest absolute Gasteiger partial charge is 0.356 e. The molecule has 0 radical (unpaired) electrons. The van der Waals surface area contributed by atoms with Crippen LogP contribution in [0.3, 0.4) is 0 Å². The molecule has 3 heterocycles. The summed E-state index contributed by atoms with van der Waals surface area (Å²) in [4.78, 5) is 19.5. The van der Waals surface area contributed by atoms with Gasteiger partial charge in [-0.3, -0.25) is 4.79 Å². The van der Waals surface area contributed by atoms with Gasteiger partial charge in [-0.05, 0) is 75.3 Å². The third kappa shape index (κ3) is 4.92. The van der Waals surface area contributed by atoms with Crippen LogP contribution in [0, 0.1) is 11.7 Å². The molecule has 172 valence electrons. The van der Waals surface area contributed by atoms with Crippen LogP contribution in [0.5, 0.6) is 0 Å². The maximum Gasteiger partial charge on any atom is 0.223 e. The molecule has 33 heavy (non-hydrogen) atoms. The third-order valence-electron chi connectivity index (χ3n) is 6.81. The summed E-state index contributed by atoms with van der Waals surface area (Å²) in [5.41, 5.74) is 4.06. The molecule has 2 aromatic heterocycles. The fourth-order valence-corrected chi connectivity index (χ4v) is 4.89. The fraction of sp³-hybridized carbons (Fsp3) is 0.423. The summed E-state index contributed by atoms with van der Waals surface area (Å²) in [6.07, 6.45) is 13.5. The van der Waals surface area contributed by atoms with Gasteiger partial charge in [0.2, 0.25) is 5.91 Å². The van der Waals surface area contributed by atoms with Crippen molar-refractivity contribution in [2.45, 2.75) is 44.9 Å². The fourth-order valence-electron chi connectivity index (χ4n) is 4.89. The lowest BCUT2D eigenvalue weighted by atomic mass is 9.95. The Balaban J connectivity index is 1.20. The number of allylic oxidation sites excluding steroid dienone is 1. The number of carbonyl (C=O) groups excluding carboxylic acids is 1. The lowest BCUT2D eigenvalue weighted by Crippen LogP contribution is -2.41. The molecule has 1 aromatic carbocycles. The standard InChI is InChI=1S/C26H30FN5O/c27-22-8-6-20(7-9-22)23-18-24-25(28-14-17-32(24)30-23)31-15-11-21(12-16-31)26(33)29-13-10-19-4-2-1-3-5-19/h4,6-9,14,17-18,21H,1-3,5,10-13,15-16H2,(H,29,33). The van der Waals surface area contributed by atoms with Gasteiger partial charge in [0.1, 0.15) is 11.3 Å². The summed E-state index contributed by atoms with van der Waals surface area (Å²) in [6, 6.07) is 8.35. The highest BCUT2D eigenvalue weighted by Crippen LogP contribution is 2.28. The SMILES string of the molecule is O=C(NCCC1=CCCCC1)C1CCN(c2nccn3nc(-c4ccc(F)cc4)cc23)CC1. The van der Waals surface area contributed by atoms with Crippen molar-refractivity contribution in [3.8, 4) is 11.3 Å². The zero-order chi connectivity index (χ0) is 22.6. The van der Waals surface area contributed by atoms with E-state index in [1.54, 1.807) is 18.3 Å². The normalized spacial score (nSPS) is 17.2. The summed E-state index contributed by atoms with van der Waals surface area (Å²) in [5.74, 6) is 0.852. The van der Waals surface area contributed by atoms with Gasteiger partial charge in [0.15, 0.2) is 5.82 Å². The Morgan fingerprint density at radius 3 is 2.73 bits per heavy atom. The Labute approximate surface area is 193 Å². The number of hydrogen-bond acceptors (Lipinski definition) is 4. The number of halogens is 1. The lowest BCUT2D eigenvalue weighted by molar-refractivity contribution is -0.125. The van der Waals surface area contributed by atoms with Crippen molar-refractivity contribution in [2.75, 3.05) is 24.5 Å². The highest BCUT2D eigenvalue weighted by Gasteiger charge is 2.26. The third-order valence-corrected chi connectivity index (χ3v) is 6.81. The molecule has 1 aliphatic carbocycles. The monoisotopic (exact) mass is 447 g/mol. The second kappa shape index (κ2) is 9.73. The van der Waals surface area contributed by atoms with Gasteiger partial charge in [0.05, 0.1) is 5.69 Å². The number of fused-ring (bicyclic) bond motifs is 1. The second-order valence-electron chi connectivity index (χ2n) is 9.03. The molecule has 6 nitrogen and oxygen atoms in total. The van der Waals surface area contributed by atoms with E-state index in [1.807, 2.05) is 16.8 Å². The first-order chi connectivity index (χ1) is 16.2. The van der Waals surface area contributed by atoms with Crippen LogP contribution >= 0.6 is 0 Å². The van der Waals surface area contributed by atoms with Crippen LogP contribution in [0.2, 0.25) is 0 Å². The van der Waals surface area contributed by atoms with E-state index in [-0.39, 0.29) is 17.6 Å². The van der Waals surface area contributed by atoms with Gasteiger partial charge in [0.25, 0.3) is 0 Å². The first-order valence-electron chi connectivity index (χ1n) is 12.0. The first-order valence-corrected chi connectivity index (χ1v) is 12.0. The van der Waals surface area contributed by atoms with Crippen LogP contribution < -0.4 is 10.2 Å². The molecule has 1 amide bonds. The van der Waals surface area contributed by atoms with Crippen LogP contribution in [-0.2, 0) is 4.79 Å². The van der Waals surface area contributed by atoms with Crippen molar-refractivity contribution in [3.05, 3.63) is 60.2 Å². The zero-order valence-corrected chi connectivity index (χ0v) is 18.8. The molecule has 0 bridgehead atoms. The molecule has 0 atom stereocenters. The van der Waals surface area contributed by atoms with Gasteiger partial charge in [-0.15, -0.1) is 0 Å². The van der Waals surface area contributed by atoms with E-state index < -0.39 is 0 Å². The van der Waals surface area contributed by atoms with E-state index in [0.29, 0.717) is 0 Å². The minimum absolute atomic E-state index is 0.0565. The van der Waals surface area contributed by atoms with E-state index >= 15 is 0 Å². The number of aromatic nitrogens is 3. The number of nitrogens with one attached hydrogen (secondary N) is 1. The predicted molar refractivity (Wildman–Crippen MR) is 127 cm³/mol. The number of amides is 1. The highest BCUT2D eigenvalue weighted by atomic mass is 19.1. The van der Waals surface area contributed by atoms with E-state index in [1.165, 1.54) is 43.4 Å². The zero-order valence-electron chi connectivity index (χ0n) is 18.8. The van der Waals surface area contributed by atoms with E-state index in [9.17, 15) is 9.18 Å². The number of nitrogens with zero attached hydrogens (tertiary/aromatic N) is 4. The number of rotatable bonds is 6. The average Bonchev–Trinajstić information content (AvgIpc) is 3.30. The summed E-state index contributed by atoms with van der Waals surface area (Å²) >= 11 is 0. The van der Waals surface area contributed by atoms with Crippen molar-refractivity contribution in [3.63, 3.8) is 0 Å².